The van der Waals surface area contributed by atoms with Crippen LogP contribution in [0, 0.1) is 0 Å². The summed E-state index contributed by atoms with van der Waals surface area (Å²) in [5.41, 5.74) is 4.25. The lowest BCUT2D eigenvalue weighted by molar-refractivity contribution is 0.259. The zero-order chi connectivity index (χ0) is 14.2. The highest BCUT2D eigenvalue weighted by atomic mass is 79.9. The van der Waals surface area contributed by atoms with Gasteiger partial charge in [-0.25, -0.2) is 9.59 Å². The highest BCUT2D eigenvalue weighted by Crippen LogP contribution is 2.34. The number of hydrogen-bond acceptors (Lipinski definition) is 4. The molecule has 0 atom stereocenters. The topological polar surface area (TPSA) is 130 Å². The number of carbonyl (C=O) groups excluding carboxylic acids is 1. The molecule has 0 bridgehead atoms. The number of nitrogens with two attached hydrogens (primary N) is 1. The fourth-order valence-corrected chi connectivity index (χ4v) is 2.18. The van der Waals surface area contributed by atoms with Gasteiger partial charge in [-0.2, -0.15) is 0 Å². The molecule has 1 heterocycles. The number of H-pyrrole nitrogens is 2. The van der Waals surface area contributed by atoms with Crippen LogP contribution >= 0.6 is 15.9 Å². The Labute approximate surface area is 114 Å². The van der Waals surface area contributed by atoms with Gasteiger partial charge >= 0.3 is 11.7 Å². The van der Waals surface area contributed by atoms with Crippen LogP contribution in [0.1, 0.15) is 0 Å². The number of ether oxygens (including phenoxy) is 1. The van der Waals surface area contributed by atoms with E-state index in [4.69, 9.17) is 10.5 Å². The largest absolute Gasteiger partial charge is 0.496 e. The van der Waals surface area contributed by atoms with E-state index in [0.29, 0.717) is 4.47 Å². The van der Waals surface area contributed by atoms with E-state index in [9.17, 15) is 14.4 Å². The molecule has 5 N–H and O–H groups in total. The van der Waals surface area contributed by atoms with Crippen LogP contribution in [0.25, 0.3) is 10.9 Å². The Balaban J connectivity index is 2.91. The molecule has 0 fully saturated rings. The molecule has 0 saturated carbocycles. The summed E-state index contributed by atoms with van der Waals surface area (Å²) in [5.74, 6) is 0.194. The number of urea groups is 1. The highest BCUT2D eigenvalue weighted by molar-refractivity contribution is 9.10. The van der Waals surface area contributed by atoms with Crippen molar-refractivity contribution < 1.29 is 9.53 Å². The van der Waals surface area contributed by atoms with Crippen LogP contribution in [0.2, 0.25) is 0 Å². The van der Waals surface area contributed by atoms with E-state index in [1.165, 1.54) is 13.2 Å². The maximum atomic E-state index is 11.8. The summed E-state index contributed by atoms with van der Waals surface area (Å²) in [7, 11) is 1.36. The molecule has 0 aliphatic rings. The Kier molecular flexibility index (Phi) is 3.30. The molecule has 100 valence electrons. The smallest absolute Gasteiger partial charge is 0.326 e. The summed E-state index contributed by atoms with van der Waals surface area (Å²) >= 11 is 3.19. The number of benzene rings is 1. The van der Waals surface area contributed by atoms with Gasteiger partial charge in [0.1, 0.15) is 11.1 Å². The van der Waals surface area contributed by atoms with Gasteiger partial charge in [0.15, 0.2) is 0 Å². The number of fused-ring (bicyclic) bond motifs is 1. The monoisotopic (exact) mass is 328 g/mol. The number of amides is 2. The maximum absolute atomic E-state index is 11.8. The quantitative estimate of drug-likeness (QED) is 0.638. The van der Waals surface area contributed by atoms with Crippen LogP contribution in [0.5, 0.6) is 5.75 Å². The van der Waals surface area contributed by atoms with Crippen LogP contribution in [-0.2, 0) is 0 Å². The number of anilines is 1. The minimum absolute atomic E-state index is 0.156. The summed E-state index contributed by atoms with van der Waals surface area (Å²) in [6.45, 7) is 0. The van der Waals surface area contributed by atoms with Gasteiger partial charge in [0, 0.05) is 6.07 Å². The molecule has 2 rings (SSSR count). The van der Waals surface area contributed by atoms with Crippen molar-refractivity contribution in [1.82, 2.24) is 9.97 Å². The predicted octanol–water partition coefficient (Wildman–Crippen LogP) is 0.478. The van der Waals surface area contributed by atoms with Crippen LogP contribution < -0.4 is 27.0 Å². The molecule has 2 aromatic rings. The number of primary amides is 1. The minimum atomic E-state index is -0.783. The lowest BCUT2D eigenvalue weighted by Crippen LogP contribution is -2.24. The first-order valence-electron chi connectivity index (χ1n) is 5.03. The minimum Gasteiger partial charge on any atom is -0.496 e. The van der Waals surface area contributed by atoms with Gasteiger partial charge in [0.05, 0.1) is 22.8 Å². The van der Waals surface area contributed by atoms with E-state index < -0.39 is 17.3 Å². The van der Waals surface area contributed by atoms with E-state index >= 15 is 0 Å². The van der Waals surface area contributed by atoms with Crippen LogP contribution in [0.4, 0.5) is 10.5 Å². The normalized spacial score (nSPS) is 10.4. The average Bonchev–Trinajstić information content (AvgIpc) is 2.32. The fourth-order valence-electron chi connectivity index (χ4n) is 1.67. The second kappa shape index (κ2) is 4.76. The number of aromatic amines is 2. The Hall–Kier alpha value is -2.29. The van der Waals surface area contributed by atoms with Crippen molar-refractivity contribution in [2.24, 2.45) is 5.73 Å². The molecule has 0 saturated heterocycles. The molecular formula is C10H9BrN4O4. The second-order valence-electron chi connectivity index (χ2n) is 3.59. The number of methoxy groups -OCH3 is 1. The molecule has 1 aromatic carbocycles. The zero-order valence-corrected chi connectivity index (χ0v) is 11.3. The van der Waals surface area contributed by atoms with E-state index in [0.717, 1.165) is 0 Å². The second-order valence-corrected chi connectivity index (χ2v) is 4.38. The van der Waals surface area contributed by atoms with Crippen LogP contribution in [0.3, 0.4) is 0 Å². The summed E-state index contributed by atoms with van der Waals surface area (Å²) in [6.07, 6.45) is 0. The van der Waals surface area contributed by atoms with E-state index in [1.807, 2.05) is 0 Å². The number of nitrogens with one attached hydrogen (secondary N) is 3. The molecular weight excluding hydrogens is 320 g/mol. The molecule has 2 amide bonds. The SMILES string of the molecule is COc1cc(NC(N)=O)c(Br)c2[nH]c(=O)[nH]c(=O)c12. The fraction of sp³-hybridized carbons (Fsp3) is 0.100. The van der Waals surface area contributed by atoms with Crippen molar-refractivity contribution in [2.75, 3.05) is 12.4 Å². The molecule has 9 heteroatoms. The number of rotatable bonds is 2. The molecule has 0 aliphatic heterocycles. The van der Waals surface area contributed by atoms with Gasteiger partial charge in [-0.15, -0.1) is 0 Å². The number of carbonyl (C=O) groups is 1. The molecule has 0 spiro atoms. The van der Waals surface area contributed by atoms with Gasteiger partial charge in [-0.3, -0.25) is 9.78 Å². The lowest BCUT2D eigenvalue weighted by atomic mass is 10.2. The van der Waals surface area contributed by atoms with Crippen molar-refractivity contribution >= 4 is 38.6 Å². The molecule has 8 nitrogen and oxygen atoms in total. The molecule has 0 radical (unpaired) electrons. The van der Waals surface area contributed by atoms with Crippen molar-refractivity contribution in [3.05, 3.63) is 31.4 Å². The molecule has 1 aromatic heterocycles. The van der Waals surface area contributed by atoms with Gasteiger partial charge in [-0.1, -0.05) is 0 Å². The highest BCUT2D eigenvalue weighted by Gasteiger charge is 2.15. The van der Waals surface area contributed by atoms with E-state index in [2.05, 4.69) is 31.2 Å². The van der Waals surface area contributed by atoms with Crippen LogP contribution in [-0.4, -0.2) is 23.1 Å². The van der Waals surface area contributed by atoms with Gasteiger partial charge < -0.3 is 20.8 Å². The summed E-state index contributed by atoms with van der Waals surface area (Å²) in [6, 6.07) is 0.638. The predicted molar refractivity (Wildman–Crippen MR) is 72.6 cm³/mol. The Morgan fingerprint density at radius 3 is 2.68 bits per heavy atom. The van der Waals surface area contributed by atoms with Crippen molar-refractivity contribution in [3.8, 4) is 5.75 Å². The Morgan fingerprint density at radius 1 is 1.42 bits per heavy atom. The first-order chi connectivity index (χ1) is 8.93. The third-order valence-electron chi connectivity index (χ3n) is 2.40. The summed E-state index contributed by atoms with van der Waals surface area (Å²) < 4.78 is 5.39. The zero-order valence-electron chi connectivity index (χ0n) is 9.67. The average molecular weight is 329 g/mol. The van der Waals surface area contributed by atoms with E-state index in [-0.39, 0.29) is 22.3 Å². The molecule has 0 unspecified atom stereocenters. The van der Waals surface area contributed by atoms with Gasteiger partial charge in [0.2, 0.25) is 0 Å². The number of hydrogen-bond donors (Lipinski definition) is 4. The lowest BCUT2D eigenvalue weighted by Gasteiger charge is -2.11. The standard InChI is InChI=1S/C10H9BrN4O4/c1-19-4-2-3(13-9(12)17)6(11)7-5(4)8(16)15-10(18)14-7/h2H,1H3,(H3,12,13,17)(H2,14,15,16,18). The van der Waals surface area contributed by atoms with Crippen molar-refractivity contribution in [2.45, 2.75) is 0 Å². The van der Waals surface area contributed by atoms with Crippen molar-refractivity contribution in [3.63, 3.8) is 0 Å². The number of halogens is 1. The van der Waals surface area contributed by atoms with Crippen LogP contribution in [0.15, 0.2) is 20.1 Å². The molecule has 19 heavy (non-hydrogen) atoms. The summed E-state index contributed by atoms with van der Waals surface area (Å²) in [4.78, 5) is 38.5. The first kappa shape index (κ1) is 13.1. The number of aromatic nitrogens is 2. The van der Waals surface area contributed by atoms with Gasteiger partial charge in [0.25, 0.3) is 5.56 Å². The third-order valence-corrected chi connectivity index (χ3v) is 3.22. The Morgan fingerprint density at radius 2 is 2.11 bits per heavy atom. The first-order valence-corrected chi connectivity index (χ1v) is 5.82. The third kappa shape index (κ3) is 2.32. The van der Waals surface area contributed by atoms with E-state index in [1.54, 1.807) is 0 Å². The van der Waals surface area contributed by atoms with Crippen molar-refractivity contribution in [1.29, 1.82) is 0 Å². The Bertz CT molecular complexity index is 779. The molecule has 0 aliphatic carbocycles. The summed E-state index contributed by atoms with van der Waals surface area (Å²) in [5, 5.41) is 2.51. The maximum Gasteiger partial charge on any atom is 0.326 e. The van der Waals surface area contributed by atoms with Gasteiger partial charge in [-0.05, 0) is 15.9 Å².